The average molecular weight is 266 g/mol. The molecule has 0 amide bonds. The highest BCUT2D eigenvalue weighted by Crippen LogP contribution is 2.12. The van der Waals surface area contributed by atoms with Gasteiger partial charge in [0.2, 0.25) is 0 Å². The maximum absolute atomic E-state index is 11.3. The van der Waals surface area contributed by atoms with Crippen molar-refractivity contribution in [2.24, 2.45) is 0 Å². The summed E-state index contributed by atoms with van der Waals surface area (Å²) in [5, 5.41) is 3.41. The van der Waals surface area contributed by atoms with Crippen molar-refractivity contribution >= 4 is 21.4 Å². The van der Waals surface area contributed by atoms with Gasteiger partial charge in [-0.3, -0.25) is 0 Å². The Morgan fingerprint density at radius 2 is 2.19 bits per heavy atom. The second-order valence-corrected chi connectivity index (χ2v) is 6.46. The summed E-state index contributed by atoms with van der Waals surface area (Å²) in [4.78, 5) is 0. The van der Waals surface area contributed by atoms with E-state index in [0.717, 1.165) is 0 Å². The third kappa shape index (κ3) is 4.55. The molecule has 1 N–H and O–H groups in total. The Bertz CT molecular complexity index is 427. The van der Waals surface area contributed by atoms with Crippen LogP contribution in [0.1, 0.15) is 19.6 Å². The molecule has 1 atom stereocenters. The highest BCUT2D eigenvalue weighted by molar-refractivity contribution is 7.91. The van der Waals surface area contributed by atoms with Crippen molar-refractivity contribution in [1.82, 2.24) is 5.32 Å². The molecule has 16 heavy (non-hydrogen) atoms. The fraction of sp³-hybridized carbons (Fsp3) is 0.600. The monoisotopic (exact) mass is 265 g/mol. The van der Waals surface area contributed by atoms with E-state index >= 15 is 0 Å². The molecule has 0 spiro atoms. The van der Waals surface area contributed by atoms with Gasteiger partial charge in [-0.25, -0.2) is 8.42 Å². The van der Waals surface area contributed by atoms with Gasteiger partial charge in [0.25, 0.3) is 0 Å². The largest absolute Gasteiger partial charge is 0.448 e. The molecule has 6 heteroatoms. The summed E-state index contributed by atoms with van der Waals surface area (Å²) in [6.45, 7) is 3.96. The topological polar surface area (TPSA) is 59.3 Å². The minimum atomic E-state index is -2.94. The molecule has 0 bridgehead atoms. The van der Waals surface area contributed by atoms with E-state index in [2.05, 4.69) is 5.32 Å². The van der Waals surface area contributed by atoms with E-state index in [4.69, 9.17) is 16.0 Å². The lowest BCUT2D eigenvalue weighted by Gasteiger charge is -2.12. The molecule has 1 rings (SSSR count). The van der Waals surface area contributed by atoms with E-state index in [1.807, 2.05) is 6.92 Å². The molecule has 92 valence electrons. The first-order valence-electron chi connectivity index (χ1n) is 5.11. The molecule has 0 aliphatic carbocycles. The van der Waals surface area contributed by atoms with Gasteiger partial charge in [-0.05, 0) is 30.7 Å². The fourth-order valence-electron chi connectivity index (χ4n) is 1.28. The number of halogens is 1. The number of furan rings is 1. The lowest BCUT2D eigenvalue weighted by molar-refractivity contribution is 0.465. The van der Waals surface area contributed by atoms with Crippen LogP contribution in [0.3, 0.4) is 0 Å². The molecule has 4 nitrogen and oxygen atoms in total. The molecular weight excluding hydrogens is 250 g/mol. The maximum atomic E-state index is 11.3. The number of rotatable bonds is 6. The first kappa shape index (κ1) is 13.5. The van der Waals surface area contributed by atoms with Crippen LogP contribution in [0.15, 0.2) is 16.5 Å². The Hall–Kier alpha value is -0.520. The molecule has 0 fully saturated rings. The number of hydrogen-bond acceptors (Lipinski definition) is 4. The molecule has 0 saturated heterocycles. The van der Waals surface area contributed by atoms with Crippen LogP contribution < -0.4 is 5.32 Å². The van der Waals surface area contributed by atoms with Crippen molar-refractivity contribution in [2.75, 3.05) is 11.5 Å². The normalized spacial score (nSPS) is 13.9. The summed E-state index contributed by atoms with van der Waals surface area (Å²) in [5.41, 5.74) is 0. The molecule has 0 aliphatic heterocycles. The molecule has 1 aromatic heterocycles. The molecule has 1 aromatic rings. The van der Waals surface area contributed by atoms with Gasteiger partial charge in [0, 0.05) is 11.8 Å². The van der Waals surface area contributed by atoms with Gasteiger partial charge in [-0.2, -0.15) is 0 Å². The van der Waals surface area contributed by atoms with Crippen LogP contribution in [-0.4, -0.2) is 26.0 Å². The Morgan fingerprint density at radius 3 is 2.69 bits per heavy atom. The van der Waals surface area contributed by atoms with E-state index in [9.17, 15) is 8.42 Å². The smallest absolute Gasteiger partial charge is 0.193 e. The maximum Gasteiger partial charge on any atom is 0.193 e. The highest BCUT2D eigenvalue weighted by atomic mass is 35.5. The quantitative estimate of drug-likeness (QED) is 0.853. The van der Waals surface area contributed by atoms with Gasteiger partial charge in [-0.15, -0.1) is 0 Å². The van der Waals surface area contributed by atoms with Gasteiger partial charge < -0.3 is 9.73 Å². The van der Waals surface area contributed by atoms with Crippen LogP contribution in [-0.2, 0) is 16.4 Å². The van der Waals surface area contributed by atoms with Crippen molar-refractivity contribution in [1.29, 1.82) is 0 Å². The van der Waals surface area contributed by atoms with Gasteiger partial charge >= 0.3 is 0 Å². The average Bonchev–Trinajstić information content (AvgIpc) is 2.61. The Morgan fingerprint density at radius 1 is 1.50 bits per heavy atom. The molecule has 0 radical (unpaired) electrons. The Balaban J connectivity index is 2.39. The van der Waals surface area contributed by atoms with Gasteiger partial charge in [0.1, 0.15) is 5.76 Å². The van der Waals surface area contributed by atoms with Crippen LogP contribution in [0, 0.1) is 0 Å². The summed E-state index contributed by atoms with van der Waals surface area (Å²) in [6.07, 6.45) is 0. The molecular formula is C10H16ClNO3S. The third-order valence-corrected chi connectivity index (χ3v) is 4.29. The van der Waals surface area contributed by atoms with E-state index in [1.54, 1.807) is 19.1 Å². The first-order chi connectivity index (χ1) is 7.43. The van der Waals surface area contributed by atoms with E-state index < -0.39 is 9.84 Å². The zero-order valence-electron chi connectivity index (χ0n) is 9.36. The zero-order valence-corrected chi connectivity index (χ0v) is 10.9. The summed E-state index contributed by atoms with van der Waals surface area (Å²) in [6, 6.07) is 3.32. The molecule has 0 saturated carbocycles. The Labute approximate surface area is 101 Å². The van der Waals surface area contributed by atoms with Crippen LogP contribution in [0.5, 0.6) is 0 Å². The van der Waals surface area contributed by atoms with E-state index in [1.165, 1.54) is 0 Å². The van der Waals surface area contributed by atoms with Crippen LogP contribution in [0.4, 0.5) is 0 Å². The third-order valence-electron chi connectivity index (χ3n) is 2.20. The SMILES string of the molecule is CCS(=O)(=O)CC(C)NCc1ccc(Cl)o1. The lowest BCUT2D eigenvalue weighted by Crippen LogP contribution is -2.33. The summed E-state index contributed by atoms with van der Waals surface area (Å²) in [5.74, 6) is 1.01. The molecule has 1 unspecified atom stereocenters. The number of hydrogen-bond donors (Lipinski definition) is 1. The minimum absolute atomic E-state index is 0.103. The molecule has 0 aliphatic rings. The first-order valence-corrected chi connectivity index (χ1v) is 7.31. The summed E-state index contributed by atoms with van der Waals surface area (Å²) < 4.78 is 27.8. The second kappa shape index (κ2) is 5.70. The standard InChI is InChI=1S/C10H16ClNO3S/c1-3-16(13,14)7-8(2)12-6-9-4-5-10(11)15-9/h4-5,8,12H,3,6-7H2,1-2H3. The fourth-order valence-corrected chi connectivity index (χ4v) is 2.56. The zero-order chi connectivity index (χ0) is 12.2. The predicted octanol–water partition coefficient (Wildman–Crippen LogP) is 1.85. The summed E-state index contributed by atoms with van der Waals surface area (Å²) >= 11 is 5.61. The Kier molecular flexibility index (Phi) is 4.83. The van der Waals surface area contributed by atoms with E-state index in [0.29, 0.717) is 17.5 Å². The van der Waals surface area contributed by atoms with Crippen molar-refractivity contribution in [3.8, 4) is 0 Å². The minimum Gasteiger partial charge on any atom is -0.448 e. The van der Waals surface area contributed by atoms with Crippen molar-refractivity contribution in [2.45, 2.75) is 26.4 Å². The lowest BCUT2D eigenvalue weighted by atomic mass is 10.3. The van der Waals surface area contributed by atoms with Gasteiger partial charge in [0.05, 0.1) is 12.3 Å². The van der Waals surface area contributed by atoms with Crippen molar-refractivity contribution in [3.05, 3.63) is 23.1 Å². The van der Waals surface area contributed by atoms with Gasteiger partial charge in [-0.1, -0.05) is 6.92 Å². The number of sulfone groups is 1. The predicted molar refractivity (Wildman–Crippen MR) is 64.3 cm³/mol. The van der Waals surface area contributed by atoms with Crippen LogP contribution in [0.25, 0.3) is 0 Å². The molecule has 1 heterocycles. The second-order valence-electron chi connectivity index (χ2n) is 3.69. The van der Waals surface area contributed by atoms with Crippen molar-refractivity contribution in [3.63, 3.8) is 0 Å². The van der Waals surface area contributed by atoms with Gasteiger partial charge in [0.15, 0.2) is 15.1 Å². The van der Waals surface area contributed by atoms with Crippen molar-refractivity contribution < 1.29 is 12.8 Å². The molecule has 0 aromatic carbocycles. The van der Waals surface area contributed by atoms with E-state index in [-0.39, 0.29) is 17.5 Å². The number of nitrogens with one attached hydrogen (secondary N) is 1. The summed E-state index contributed by atoms with van der Waals surface area (Å²) in [7, 11) is -2.94. The van der Waals surface area contributed by atoms with Crippen LogP contribution >= 0.6 is 11.6 Å². The highest BCUT2D eigenvalue weighted by Gasteiger charge is 2.13. The van der Waals surface area contributed by atoms with Crippen LogP contribution in [0.2, 0.25) is 5.22 Å².